The van der Waals surface area contributed by atoms with Crippen LogP contribution >= 0.6 is 36.6 Å². The zero-order valence-electron chi connectivity index (χ0n) is 16.0. The molecule has 0 bridgehead atoms. The molecular weight excluding hydrogens is 427 g/mol. The lowest BCUT2D eigenvalue weighted by molar-refractivity contribution is 0.0942. The first-order valence-corrected chi connectivity index (χ1v) is 10.4. The Labute approximate surface area is 187 Å². The average molecular weight is 453 g/mol. The summed E-state index contributed by atoms with van der Waals surface area (Å²) in [6.07, 6.45) is 6.41. The number of rotatable bonds is 6. The number of halogens is 2. The van der Waals surface area contributed by atoms with Crippen LogP contribution in [0, 0.1) is 5.92 Å². The van der Waals surface area contributed by atoms with Crippen molar-refractivity contribution in [2.24, 2.45) is 5.92 Å². The number of amides is 1. The van der Waals surface area contributed by atoms with E-state index in [0.29, 0.717) is 5.92 Å². The Hall–Kier alpha value is -1.73. The first-order valence-electron chi connectivity index (χ1n) is 9.43. The number of piperidine rings is 1. The molecule has 8 heteroatoms. The number of thioether (sulfide) groups is 1. The summed E-state index contributed by atoms with van der Waals surface area (Å²) in [6.45, 7) is 2.81. The summed E-state index contributed by atoms with van der Waals surface area (Å²) in [5.74, 6) is 1.28. The number of benzene rings is 1. The van der Waals surface area contributed by atoms with Crippen molar-refractivity contribution in [3.63, 3.8) is 0 Å². The normalized spacial score (nSPS) is 15.9. The summed E-state index contributed by atoms with van der Waals surface area (Å²) >= 11 is 1.66. The van der Waals surface area contributed by atoms with Crippen LogP contribution in [0.15, 0.2) is 59.8 Å². The minimum atomic E-state index is 0. The summed E-state index contributed by atoms with van der Waals surface area (Å²) in [5, 5.41) is 6.51. The Morgan fingerprint density at radius 3 is 2.83 bits per heavy atom. The number of carbonyl (C=O) groups is 1. The van der Waals surface area contributed by atoms with Gasteiger partial charge in [-0.05, 0) is 56.1 Å². The molecule has 1 amide bonds. The summed E-state index contributed by atoms with van der Waals surface area (Å²) in [7, 11) is 0. The van der Waals surface area contributed by atoms with Gasteiger partial charge in [-0.2, -0.15) is 0 Å². The van der Waals surface area contributed by atoms with Crippen LogP contribution < -0.4 is 10.6 Å². The fourth-order valence-electron chi connectivity index (χ4n) is 3.42. The van der Waals surface area contributed by atoms with Crippen LogP contribution in [0.4, 0.5) is 0 Å². The molecule has 4 rings (SSSR count). The molecule has 1 aliphatic heterocycles. The highest BCUT2D eigenvalue weighted by molar-refractivity contribution is 7.98. The third-order valence-electron chi connectivity index (χ3n) is 4.87. The molecule has 1 fully saturated rings. The van der Waals surface area contributed by atoms with Gasteiger partial charge >= 0.3 is 0 Å². The summed E-state index contributed by atoms with van der Waals surface area (Å²) in [5.41, 5.74) is 2.70. The van der Waals surface area contributed by atoms with Gasteiger partial charge in [0.2, 0.25) is 0 Å². The second-order valence-corrected chi connectivity index (χ2v) is 7.92. The largest absolute Gasteiger partial charge is 0.352 e. The second-order valence-electron chi connectivity index (χ2n) is 6.91. The van der Waals surface area contributed by atoms with Gasteiger partial charge in [0.15, 0.2) is 0 Å². The van der Waals surface area contributed by atoms with E-state index < -0.39 is 0 Å². The maximum atomic E-state index is 12.7. The Kier molecular flexibility index (Phi) is 9.30. The molecule has 1 atom stereocenters. The zero-order chi connectivity index (χ0) is 18.5. The Morgan fingerprint density at radius 1 is 1.21 bits per heavy atom. The number of hydrogen-bond donors (Lipinski definition) is 2. The Morgan fingerprint density at radius 2 is 2.03 bits per heavy atom. The molecule has 1 saturated heterocycles. The maximum Gasteiger partial charge on any atom is 0.252 e. The fraction of sp³-hybridized carbons (Fsp3) is 0.333. The van der Waals surface area contributed by atoms with Gasteiger partial charge in [0.25, 0.3) is 5.91 Å². The van der Waals surface area contributed by atoms with Crippen LogP contribution in [0.5, 0.6) is 0 Å². The Bertz CT molecular complexity index is 895. The van der Waals surface area contributed by atoms with Gasteiger partial charge in [-0.25, -0.2) is 4.98 Å². The van der Waals surface area contributed by atoms with E-state index in [1.807, 2.05) is 59.3 Å². The van der Waals surface area contributed by atoms with Crippen molar-refractivity contribution < 1.29 is 4.79 Å². The molecule has 2 aromatic heterocycles. The SMILES string of the molecule is Cl.Cl.O=C(NCC1CCCNC1)c1ccccc1SCc1cn2ccccc2n1. The van der Waals surface area contributed by atoms with Gasteiger partial charge in [-0.3, -0.25) is 4.79 Å². The number of imidazole rings is 1. The van der Waals surface area contributed by atoms with Gasteiger partial charge in [0.05, 0.1) is 11.3 Å². The quantitative estimate of drug-likeness (QED) is 0.550. The molecule has 2 N–H and O–H groups in total. The lowest BCUT2D eigenvalue weighted by atomic mass is 10.00. The molecule has 1 aliphatic rings. The van der Waals surface area contributed by atoms with E-state index in [-0.39, 0.29) is 30.7 Å². The number of aromatic nitrogens is 2. The van der Waals surface area contributed by atoms with Crippen molar-refractivity contribution in [1.82, 2.24) is 20.0 Å². The summed E-state index contributed by atoms with van der Waals surface area (Å²) in [4.78, 5) is 18.3. The van der Waals surface area contributed by atoms with Crippen molar-refractivity contribution in [3.8, 4) is 0 Å². The molecule has 1 aromatic carbocycles. The third-order valence-corrected chi connectivity index (χ3v) is 5.98. The molecule has 0 radical (unpaired) electrons. The van der Waals surface area contributed by atoms with E-state index >= 15 is 0 Å². The van der Waals surface area contributed by atoms with Crippen LogP contribution in [0.1, 0.15) is 28.9 Å². The highest BCUT2D eigenvalue weighted by Gasteiger charge is 2.16. The number of fused-ring (bicyclic) bond motifs is 1. The first kappa shape index (κ1) is 23.5. The van der Waals surface area contributed by atoms with Crippen molar-refractivity contribution in [2.75, 3.05) is 19.6 Å². The number of nitrogens with one attached hydrogen (secondary N) is 2. The molecule has 0 saturated carbocycles. The minimum Gasteiger partial charge on any atom is -0.352 e. The second kappa shape index (κ2) is 11.5. The highest BCUT2D eigenvalue weighted by Crippen LogP contribution is 2.26. The van der Waals surface area contributed by atoms with Gasteiger partial charge in [0, 0.05) is 29.6 Å². The minimum absolute atomic E-state index is 0. The van der Waals surface area contributed by atoms with E-state index in [9.17, 15) is 4.79 Å². The lowest BCUT2D eigenvalue weighted by Gasteiger charge is -2.23. The zero-order valence-corrected chi connectivity index (χ0v) is 18.5. The van der Waals surface area contributed by atoms with E-state index in [1.54, 1.807) is 11.8 Å². The van der Waals surface area contributed by atoms with Gasteiger partial charge in [0.1, 0.15) is 5.65 Å². The fourth-order valence-corrected chi connectivity index (χ4v) is 4.35. The van der Waals surface area contributed by atoms with Crippen molar-refractivity contribution in [3.05, 3.63) is 66.1 Å². The monoisotopic (exact) mass is 452 g/mol. The summed E-state index contributed by atoms with van der Waals surface area (Å²) in [6, 6.07) is 13.8. The van der Waals surface area contributed by atoms with E-state index in [1.165, 1.54) is 12.8 Å². The number of nitrogens with zero attached hydrogens (tertiary/aromatic N) is 2. The molecule has 3 heterocycles. The third kappa shape index (κ3) is 6.12. The molecule has 1 unspecified atom stereocenters. The predicted octanol–water partition coefficient (Wildman–Crippen LogP) is 4.20. The average Bonchev–Trinajstić information content (AvgIpc) is 3.14. The van der Waals surface area contributed by atoms with Crippen molar-refractivity contribution in [1.29, 1.82) is 0 Å². The molecule has 0 aliphatic carbocycles. The molecule has 0 spiro atoms. The molecule has 3 aromatic rings. The van der Waals surface area contributed by atoms with Gasteiger partial charge < -0.3 is 15.0 Å². The topological polar surface area (TPSA) is 58.4 Å². The van der Waals surface area contributed by atoms with E-state index in [2.05, 4.69) is 15.6 Å². The lowest BCUT2D eigenvalue weighted by Crippen LogP contribution is -2.38. The Balaban J connectivity index is 0.00000150. The predicted molar refractivity (Wildman–Crippen MR) is 124 cm³/mol. The van der Waals surface area contributed by atoms with Crippen LogP contribution in [0.25, 0.3) is 5.65 Å². The van der Waals surface area contributed by atoms with Crippen molar-refractivity contribution >= 4 is 48.1 Å². The number of carbonyl (C=O) groups excluding carboxylic acids is 1. The van der Waals surface area contributed by atoms with Crippen LogP contribution in [-0.4, -0.2) is 34.9 Å². The van der Waals surface area contributed by atoms with Crippen LogP contribution in [0.3, 0.4) is 0 Å². The highest BCUT2D eigenvalue weighted by atomic mass is 35.5. The first-order chi connectivity index (χ1) is 13.3. The molecule has 156 valence electrons. The van der Waals surface area contributed by atoms with Crippen LogP contribution in [-0.2, 0) is 5.75 Å². The molecular formula is C21H26Cl2N4OS. The smallest absolute Gasteiger partial charge is 0.252 e. The maximum absolute atomic E-state index is 12.7. The van der Waals surface area contributed by atoms with Gasteiger partial charge in [-0.1, -0.05) is 18.2 Å². The van der Waals surface area contributed by atoms with Crippen molar-refractivity contribution in [2.45, 2.75) is 23.5 Å². The standard InChI is InChI=1S/C21H24N4OS.2ClH/c26-21(23-13-16-6-5-10-22-12-16)18-7-1-2-8-19(18)27-15-17-14-25-11-4-3-9-20(25)24-17;;/h1-4,7-9,11,14,16,22H,5-6,10,12-13,15H2,(H,23,26);2*1H. The number of hydrogen-bond acceptors (Lipinski definition) is 4. The van der Waals surface area contributed by atoms with Gasteiger partial charge in [-0.15, -0.1) is 36.6 Å². The summed E-state index contributed by atoms with van der Waals surface area (Å²) < 4.78 is 2.02. The number of pyridine rings is 1. The molecule has 5 nitrogen and oxygen atoms in total. The van der Waals surface area contributed by atoms with Crippen LogP contribution in [0.2, 0.25) is 0 Å². The van der Waals surface area contributed by atoms with E-state index in [4.69, 9.17) is 0 Å². The molecule has 29 heavy (non-hydrogen) atoms. The van der Waals surface area contributed by atoms with E-state index in [0.717, 1.165) is 47.2 Å².